The Morgan fingerprint density at radius 3 is 2.63 bits per heavy atom. The van der Waals surface area contributed by atoms with Crippen molar-refractivity contribution in [2.24, 2.45) is 40.4 Å². The van der Waals surface area contributed by atoms with Crippen molar-refractivity contribution < 1.29 is 19.4 Å². The number of ether oxygens (including phenoxy) is 1. The van der Waals surface area contributed by atoms with Crippen LogP contribution in [-0.4, -0.2) is 45.9 Å². The van der Waals surface area contributed by atoms with E-state index in [0.717, 1.165) is 38.5 Å². The highest BCUT2D eigenvalue weighted by atomic mass is 16.5. The van der Waals surface area contributed by atoms with Gasteiger partial charge in [0.2, 0.25) is 5.91 Å². The molecule has 1 aromatic rings. The monoisotopic (exact) mass is 485 g/mol. The average molecular weight is 486 g/mol. The van der Waals surface area contributed by atoms with E-state index in [2.05, 4.69) is 24.3 Å². The van der Waals surface area contributed by atoms with Gasteiger partial charge in [0.15, 0.2) is 5.78 Å². The van der Waals surface area contributed by atoms with Crippen molar-refractivity contribution in [1.29, 1.82) is 0 Å². The fourth-order valence-corrected chi connectivity index (χ4v) is 9.24. The standard InChI is InChI=1S/C28H43N3O4/c1-18(32)30-20-14-29-31(15-20)16-25(33)24-8-7-22-21-6-5-19-13-28(34,17-35-4)12-11-26(19,2)23(21)9-10-27(22,24)3/h14-15,19,21-24,34H,5-13,16-17H2,1-4H3,(H,30,32)/t19-,21-,22-,23-,24+,26-,27-,28+/m0/s1. The molecule has 4 saturated carbocycles. The molecule has 0 spiro atoms. The first-order chi connectivity index (χ1) is 16.6. The molecule has 4 fully saturated rings. The quantitative estimate of drug-likeness (QED) is 0.621. The van der Waals surface area contributed by atoms with E-state index in [1.807, 2.05) is 0 Å². The second-order valence-corrected chi connectivity index (χ2v) is 12.8. The normalized spacial score (nSPS) is 42.6. The Morgan fingerprint density at radius 2 is 1.89 bits per heavy atom. The van der Waals surface area contributed by atoms with Gasteiger partial charge in [-0.3, -0.25) is 14.3 Å². The number of hydrogen-bond acceptors (Lipinski definition) is 5. The van der Waals surface area contributed by atoms with Gasteiger partial charge in [-0.05, 0) is 92.3 Å². The van der Waals surface area contributed by atoms with E-state index in [4.69, 9.17) is 4.74 Å². The highest BCUT2D eigenvalue weighted by Gasteiger charge is 2.62. The summed E-state index contributed by atoms with van der Waals surface area (Å²) in [6.45, 7) is 7.09. The third-order valence-corrected chi connectivity index (χ3v) is 10.9. The van der Waals surface area contributed by atoms with Gasteiger partial charge in [-0.2, -0.15) is 5.10 Å². The van der Waals surface area contributed by atoms with Gasteiger partial charge in [-0.15, -0.1) is 0 Å². The fourth-order valence-electron chi connectivity index (χ4n) is 9.24. The van der Waals surface area contributed by atoms with Crippen LogP contribution in [0.5, 0.6) is 0 Å². The molecule has 2 N–H and O–H groups in total. The summed E-state index contributed by atoms with van der Waals surface area (Å²) in [6, 6.07) is 0. The molecule has 4 aliphatic carbocycles. The number of carbonyl (C=O) groups is 2. The predicted molar refractivity (Wildman–Crippen MR) is 134 cm³/mol. The lowest BCUT2D eigenvalue weighted by Crippen LogP contribution is -2.56. The fraction of sp³-hybridized carbons (Fsp3) is 0.821. The number of Topliss-reactive ketones (excluding diaryl/α,β-unsaturated/α-hetero) is 1. The lowest BCUT2D eigenvalue weighted by molar-refractivity contribution is -0.164. The Kier molecular flexibility index (Phi) is 6.40. The molecule has 0 radical (unpaired) electrons. The lowest BCUT2D eigenvalue weighted by Gasteiger charge is -2.62. The number of methoxy groups -OCH3 is 1. The van der Waals surface area contributed by atoms with Gasteiger partial charge < -0.3 is 15.2 Å². The van der Waals surface area contributed by atoms with E-state index in [1.165, 1.54) is 26.2 Å². The summed E-state index contributed by atoms with van der Waals surface area (Å²) in [7, 11) is 1.69. The number of aromatic nitrogens is 2. The maximum Gasteiger partial charge on any atom is 0.221 e. The van der Waals surface area contributed by atoms with Crippen molar-refractivity contribution >= 4 is 17.4 Å². The maximum absolute atomic E-state index is 13.5. The van der Waals surface area contributed by atoms with Gasteiger partial charge >= 0.3 is 0 Å². The van der Waals surface area contributed by atoms with E-state index in [-0.39, 0.29) is 29.6 Å². The molecule has 7 heteroatoms. The number of anilines is 1. The molecule has 0 aliphatic heterocycles. The minimum atomic E-state index is -0.661. The first-order valence-corrected chi connectivity index (χ1v) is 13.6. The first kappa shape index (κ1) is 24.9. The summed E-state index contributed by atoms with van der Waals surface area (Å²) in [4.78, 5) is 24.8. The van der Waals surface area contributed by atoms with Gasteiger partial charge in [0.05, 0.1) is 30.6 Å². The summed E-state index contributed by atoms with van der Waals surface area (Å²) < 4.78 is 7.03. The zero-order valence-electron chi connectivity index (χ0n) is 21.9. The summed E-state index contributed by atoms with van der Waals surface area (Å²) in [5.74, 6) is 2.81. The molecule has 194 valence electrons. The van der Waals surface area contributed by atoms with Crippen molar-refractivity contribution in [3.63, 3.8) is 0 Å². The van der Waals surface area contributed by atoms with E-state index >= 15 is 0 Å². The molecule has 5 rings (SSSR count). The number of carbonyl (C=O) groups excluding carboxylic acids is 2. The van der Waals surface area contributed by atoms with Gasteiger partial charge in [-0.1, -0.05) is 13.8 Å². The number of fused-ring (bicyclic) bond motifs is 5. The van der Waals surface area contributed by atoms with Crippen LogP contribution in [-0.2, 0) is 20.9 Å². The van der Waals surface area contributed by atoms with Crippen LogP contribution in [0.4, 0.5) is 5.69 Å². The molecule has 7 nitrogen and oxygen atoms in total. The van der Waals surface area contributed by atoms with Crippen LogP contribution < -0.4 is 5.32 Å². The summed E-state index contributed by atoms with van der Waals surface area (Å²) in [6.07, 6.45) is 13.0. The minimum Gasteiger partial charge on any atom is -0.387 e. The third-order valence-electron chi connectivity index (χ3n) is 10.9. The SMILES string of the molecule is COC[C@@]1(O)CC[C@@]2(C)[C@@H](CC[C@@H]3[C@@H]2CC[C@]2(C)[C@@H](C(=O)Cn4cc(NC(C)=O)cn4)CC[C@@H]32)C1. The van der Waals surface area contributed by atoms with E-state index in [9.17, 15) is 14.7 Å². The smallest absolute Gasteiger partial charge is 0.221 e. The molecular formula is C28H43N3O4. The molecule has 0 unspecified atom stereocenters. The van der Waals surface area contributed by atoms with Crippen LogP contribution in [0.1, 0.15) is 78.6 Å². The summed E-state index contributed by atoms with van der Waals surface area (Å²) >= 11 is 0. The second kappa shape index (κ2) is 8.98. The van der Waals surface area contributed by atoms with Crippen molar-refractivity contribution in [2.75, 3.05) is 19.0 Å². The van der Waals surface area contributed by atoms with Crippen LogP contribution in [0.25, 0.3) is 0 Å². The lowest BCUT2D eigenvalue weighted by atomic mass is 9.44. The van der Waals surface area contributed by atoms with Crippen molar-refractivity contribution in [3.05, 3.63) is 12.4 Å². The molecule has 4 aliphatic rings. The Labute approximate surface area is 209 Å². The van der Waals surface area contributed by atoms with Gasteiger partial charge in [-0.25, -0.2) is 0 Å². The van der Waals surface area contributed by atoms with Crippen LogP contribution in [0.2, 0.25) is 0 Å². The van der Waals surface area contributed by atoms with Crippen molar-refractivity contribution in [2.45, 2.75) is 90.7 Å². The Morgan fingerprint density at radius 1 is 1.11 bits per heavy atom. The third kappa shape index (κ3) is 4.26. The molecule has 8 atom stereocenters. The number of aliphatic hydroxyl groups is 1. The Bertz CT molecular complexity index is 977. The molecular weight excluding hydrogens is 442 g/mol. The molecule has 0 bridgehead atoms. The topological polar surface area (TPSA) is 93.5 Å². The van der Waals surface area contributed by atoms with Crippen LogP contribution in [0, 0.1) is 40.4 Å². The molecule has 1 heterocycles. The number of nitrogens with one attached hydrogen (secondary N) is 1. The summed E-state index contributed by atoms with van der Waals surface area (Å²) in [5, 5.41) is 18.1. The number of rotatable bonds is 6. The number of amides is 1. The Balaban J connectivity index is 1.28. The second-order valence-electron chi connectivity index (χ2n) is 12.8. The van der Waals surface area contributed by atoms with E-state index in [0.29, 0.717) is 41.4 Å². The maximum atomic E-state index is 13.5. The largest absolute Gasteiger partial charge is 0.387 e. The van der Waals surface area contributed by atoms with Gasteiger partial charge in [0, 0.05) is 26.1 Å². The van der Waals surface area contributed by atoms with E-state index < -0.39 is 5.60 Å². The first-order valence-electron chi connectivity index (χ1n) is 13.6. The summed E-state index contributed by atoms with van der Waals surface area (Å²) in [5.41, 5.74) is 0.338. The predicted octanol–water partition coefficient (Wildman–Crippen LogP) is 4.45. The van der Waals surface area contributed by atoms with Crippen LogP contribution >= 0.6 is 0 Å². The van der Waals surface area contributed by atoms with Crippen molar-refractivity contribution in [1.82, 2.24) is 9.78 Å². The number of ketones is 1. The van der Waals surface area contributed by atoms with Crippen molar-refractivity contribution in [3.8, 4) is 0 Å². The highest BCUT2D eigenvalue weighted by Crippen LogP contribution is 2.68. The van der Waals surface area contributed by atoms with Crippen LogP contribution in [0.3, 0.4) is 0 Å². The average Bonchev–Trinajstić information content (AvgIpc) is 3.37. The number of nitrogens with zero attached hydrogens (tertiary/aromatic N) is 2. The molecule has 0 saturated heterocycles. The van der Waals surface area contributed by atoms with Gasteiger partial charge in [0.25, 0.3) is 0 Å². The zero-order chi connectivity index (χ0) is 25.0. The molecule has 35 heavy (non-hydrogen) atoms. The van der Waals surface area contributed by atoms with E-state index in [1.54, 1.807) is 24.2 Å². The highest BCUT2D eigenvalue weighted by molar-refractivity contribution is 5.88. The molecule has 0 aromatic carbocycles. The minimum absolute atomic E-state index is 0.0700. The Hall–Kier alpha value is -1.73. The molecule has 1 amide bonds. The molecule has 1 aromatic heterocycles. The van der Waals surface area contributed by atoms with Crippen LogP contribution in [0.15, 0.2) is 12.4 Å². The zero-order valence-corrected chi connectivity index (χ0v) is 21.9. The number of hydrogen-bond donors (Lipinski definition) is 2. The van der Waals surface area contributed by atoms with Gasteiger partial charge in [0.1, 0.15) is 0 Å².